The second-order valence-corrected chi connectivity index (χ2v) is 5.96. The molecule has 0 radical (unpaired) electrons. The lowest BCUT2D eigenvalue weighted by molar-refractivity contribution is -0.137. The number of alkyl halides is 3. The van der Waals surface area contributed by atoms with Gasteiger partial charge < -0.3 is 0 Å². The summed E-state index contributed by atoms with van der Waals surface area (Å²) in [7, 11) is 0. The average molecular weight is 371 g/mol. The zero-order valence-corrected chi connectivity index (χ0v) is 14.4. The summed E-state index contributed by atoms with van der Waals surface area (Å²) in [5.74, 6) is -0.178. The Bertz CT molecular complexity index is 852. The van der Waals surface area contributed by atoms with E-state index in [1.165, 1.54) is 22.7 Å². The topological polar surface area (TPSA) is 61.9 Å². The number of carbonyl (C=O) groups excluding carboxylic acids is 1. The molecule has 1 aromatic carbocycles. The molecule has 132 valence electrons. The Balaban J connectivity index is 2.68. The van der Waals surface area contributed by atoms with Gasteiger partial charge in [-0.1, -0.05) is 11.6 Å². The van der Waals surface area contributed by atoms with Gasteiger partial charge in [0, 0.05) is 13.0 Å². The number of carbonyl (C=O) groups is 1. The molecule has 0 aliphatic carbocycles. The van der Waals surface area contributed by atoms with E-state index >= 15 is 0 Å². The van der Waals surface area contributed by atoms with Gasteiger partial charge in [0.25, 0.3) is 0 Å². The van der Waals surface area contributed by atoms with Crippen molar-refractivity contribution in [3.05, 3.63) is 40.5 Å². The monoisotopic (exact) mass is 370 g/mol. The van der Waals surface area contributed by atoms with Crippen LogP contribution in [0.3, 0.4) is 0 Å². The fraction of sp³-hybridized carbons (Fsp3) is 0.312. The summed E-state index contributed by atoms with van der Waals surface area (Å²) < 4.78 is 39.6. The summed E-state index contributed by atoms with van der Waals surface area (Å²) in [5.41, 5.74) is -0.652. The van der Waals surface area contributed by atoms with Gasteiger partial charge in [-0.3, -0.25) is 9.69 Å². The van der Waals surface area contributed by atoms with Crippen molar-refractivity contribution in [2.24, 2.45) is 0 Å². The fourth-order valence-electron chi connectivity index (χ4n) is 2.44. The molecular formula is C16H14ClF3N4O. The van der Waals surface area contributed by atoms with Gasteiger partial charge in [-0.25, -0.2) is 4.68 Å². The molecule has 0 fully saturated rings. The Hall–Kier alpha value is -2.53. The third-order valence-corrected chi connectivity index (χ3v) is 3.75. The number of aromatic nitrogens is 2. The summed E-state index contributed by atoms with van der Waals surface area (Å²) >= 11 is 6.01. The molecule has 2 rings (SSSR count). The molecule has 0 atom stereocenters. The highest BCUT2D eigenvalue weighted by molar-refractivity contribution is 6.32. The maximum Gasteiger partial charge on any atom is 0.416 e. The second-order valence-electron chi connectivity index (χ2n) is 5.55. The van der Waals surface area contributed by atoms with Crippen LogP contribution in [0.15, 0.2) is 24.4 Å². The number of halogens is 4. The largest absolute Gasteiger partial charge is 0.416 e. The first-order chi connectivity index (χ1) is 11.6. The van der Waals surface area contributed by atoms with Crippen LogP contribution in [0.5, 0.6) is 0 Å². The molecule has 0 unspecified atom stereocenters. The molecule has 0 aliphatic heterocycles. The third-order valence-electron chi connectivity index (χ3n) is 3.45. The predicted octanol–water partition coefficient (Wildman–Crippen LogP) is 4.18. The first-order valence-electron chi connectivity index (χ1n) is 7.23. The van der Waals surface area contributed by atoms with E-state index in [9.17, 15) is 23.2 Å². The Morgan fingerprint density at radius 3 is 2.48 bits per heavy atom. The van der Waals surface area contributed by atoms with Crippen molar-refractivity contribution in [2.45, 2.75) is 33.0 Å². The minimum Gasteiger partial charge on any atom is -0.293 e. The van der Waals surface area contributed by atoms with E-state index in [2.05, 4.69) is 5.10 Å². The Kier molecular flexibility index (Phi) is 5.09. The van der Waals surface area contributed by atoms with Crippen molar-refractivity contribution in [3.63, 3.8) is 0 Å². The lowest BCUT2D eigenvalue weighted by Crippen LogP contribution is -2.37. The molecule has 0 aliphatic rings. The highest BCUT2D eigenvalue weighted by Crippen LogP contribution is 2.35. The maximum absolute atomic E-state index is 12.8. The minimum atomic E-state index is -4.53. The molecule has 0 spiro atoms. The van der Waals surface area contributed by atoms with Crippen molar-refractivity contribution >= 4 is 23.3 Å². The quantitative estimate of drug-likeness (QED) is 0.814. The van der Waals surface area contributed by atoms with Gasteiger partial charge in [0.1, 0.15) is 11.6 Å². The number of nitrogens with zero attached hydrogens (tertiary/aromatic N) is 4. The smallest absolute Gasteiger partial charge is 0.293 e. The van der Waals surface area contributed by atoms with Crippen molar-refractivity contribution < 1.29 is 18.0 Å². The zero-order chi connectivity index (χ0) is 18.9. The molecular weight excluding hydrogens is 357 g/mol. The summed E-state index contributed by atoms with van der Waals surface area (Å²) in [6.07, 6.45) is -3.29. The molecule has 2 aromatic rings. The van der Waals surface area contributed by atoms with Gasteiger partial charge in [0.15, 0.2) is 5.82 Å². The van der Waals surface area contributed by atoms with Crippen molar-refractivity contribution in [3.8, 4) is 11.8 Å². The summed E-state index contributed by atoms with van der Waals surface area (Å²) in [6.45, 7) is 4.81. The first kappa shape index (κ1) is 18.8. The minimum absolute atomic E-state index is 0.111. The SMILES string of the molecule is CC(=O)N(c1c(C#N)cnn1-c1ccc(C(F)(F)F)cc1Cl)C(C)C. The molecule has 0 N–H and O–H groups in total. The number of hydrogen-bond donors (Lipinski definition) is 0. The van der Waals surface area contributed by atoms with E-state index in [1.54, 1.807) is 13.8 Å². The van der Waals surface area contributed by atoms with E-state index in [4.69, 9.17) is 11.6 Å². The number of nitriles is 1. The van der Waals surface area contributed by atoms with Crippen LogP contribution in [0.4, 0.5) is 19.0 Å². The van der Waals surface area contributed by atoms with Crippen LogP contribution >= 0.6 is 11.6 Å². The van der Waals surface area contributed by atoms with E-state index in [0.717, 1.165) is 18.2 Å². The van der Waals surface area contributed by atoms with Gasteiger partial charge in [-0.05, 0) is 32.0 Å². The van der Waals surface area contributed by atoms with Gasteiger partial charge in [-0.2, -0.15) is 23.5 Å². The molecule has 1 amide bonds. The number of amides is 1. The fourth-order valence-corrected chi connectivity index (χ4v) is 2.70. The van der Waals surface area contributed by atoms with Crippen LogP contribution in [0.1, 0.15) is 31.9 Å². The van der Waals surface area contributed by atoms with Gasteiger partial charge in [-0.15, -0.1) is 0 Å². The van der Waals surface area contributed by atoms with Crippen molar-refractivity contribution in [2.75, 3.05) is 4.90 Å². The van der Waals surface area contributed by atoms with Crippen LogP contribution in [0.25, 0.3) is 5.69 Å². The lowest BCUT2D eigenvalue weighted by Gasteiger charge is -2.26. The summed E-state index contributed by atoms with van der Waals surface area (Å²) in [4.78, 5) is 13.3. The van der Waals surface area contributed by atoms with Crippen molar-refractivity contribution in [1.29, 1.82) is 5.26 Å². The number of hydrogen-bond acceptors (Lipinski definition) is 3. The highest BCUT2D eigenvalue weighted by Gasteiger charge is 2.32. The highest BCUT2D eigenvalue weighted by atomic mass is 35.5. The first-order valence-corrected chi connectivity index (χ1v) is 7.60. The Morgan fingerprint density at radius 2 is 2.04 bits per heavy atom. The lowest BCUT2D eigenvalue weighted by atomic mass is 10.2. The number of rotatable bonds is 3. The summed E-state index contributed by atoms with van der Waals surface area (Å²) in [5, 5.41) is 13.1. The average Bonchev–Trinajstić information content (AvgIpc) is 2.89. The van der Waals surface area contributed by atoms with Crippen LogP contribution in [-0.2, 0) is 11.0 Å². The molecule has 5 nitrogen and oxygen atoms in total. The molecule has 0 saturated carbocycles. The van der Waals surface area contributed by atoms with Gasteiger partial charge in [0.2, 0.25) is 5.91 Å². The molecule has 25 heavy (non-hydrogen) atoms. The standard InChI is InChI=1S/C16H14ClF3N4O/c1-9(2)23(10(3)25)15-11(7-21)8-22-24(15)14-5-4-12(6-13(14)17)16(18,19)20/h4-6,8-9H,1-3H3. The van der Waals surface area contributed by atoms with E-state index in [0.29, 0.717) is 0 Å². The van der Waals surface area contributed by atoms with E-state index in [1.807, 2.05) is 6.07 Å². The zero-order valence-electron chi connectivity index (χ0n) is 13.6. The second kappa shape index (κ2) is 6.76. The van der Waals surface area contributed by atoms with Crippen molar-refractivity contribution in [1.82, 2.24) is 9.78 Å². The Morgan fingerprint density at radius 1 is 1.40 bits per heavy atom. The molecule has 0 saturated heterocycles. The maximum atomic E-state index is 12.8. The molecule has 0 bridgehead atoms. The number of anilines is 1. The third kappa shape index (κ3) is 3.61. The molecule has 9 heteroatoms. The number of benzene rings is 1. The molecule has 1 aromatic heterocycles. The van der Waals surface area contributed by atoms with E-state index in [-0.39, 0.29) is 34.0 Å². The predicted molar refractivity (Wildman–Crippen MR) is 86.6 cm³/mol. The van der Waals surface area contributed by atoms with Crippen LogP contribution in [0, 0.1) is 11.3 Å². The summed E-state index contributed by atoms with van der Waals surface area (Å²) in [6, 6.07) is 4.43. The van der Waals surface area contributed by atoms with Gasteiger partial charge in [0.05, 0.1) is 22.5 Å². The normalized spacial score (nSPS) is 11.5. The van der Waals surface area contributed by atoms with Crippen LogP contribution < -0.4 is 4.90 Å². The van der Waals surface area contributed by atoms with Crippen LogP contribution in [0.2, 0.25) is 5.02 Å². The molecule has 1 heterocycles. The Labute approximate surface area is 147 Å². The van der Waals surface area contributed by atoms with E-state index < -0.39 is 11.7 Å². The van der Waals surface area contributed by atoms with Crippen LogP contribution in [-0.4, -0.2) is 21.7 Å². The van der Waals surface area contributed by atoms with Gasteiger partial charge >= 0.3 is 6.18 Å².